The van der Waals surface area contributed by atoms with Crippen molar-refractivity contribution in [2.45, 2.75) is 31.2 Å². The second kappa shape index (κ2) is 4.90. The van der Waals surface area contributed by atoms with Crippen LogP contribution in [0.4, 0.5) is 0 Å². The van der Waals surface area contributed by atoms with Crippen molar-refractivity contribution in [3.8, 4) is 0 Å². The Hall–Kier alpha value is -0.680. The molecule has 1 saturated heterocycles. The summed E-state index contributed by atoms with van der Waals surface area (Å²) in [5.41, 5.74) is 5.99. The van der Waals surface area contributed by atoms with E-state index in [1.807, 2.05) is 0 Å². The molecule has 1 amide bonds. The van der Waals surface area contributed by atoms with E-state index in [-0.39, 0.29) is 11.2 Å². The number of nitrogens with one attached hydrogen (secondary N) is 2. The van der Waals surface area contributed by atoms with Gasteiger partial charge < -0.3 is 16.4 Å². The highest BCUT2D eigenvalue weighted by atomic mass is 32.2. The Bertz CT molecular complexity index is 260. The predicted molar refractivity (Wildman–Crippen MR) is 64.4 cm³/mol. The molecule has 1 atom stereocenters. The first-order chi connectivity index (χ1) is 6.88. The molecule has 1 aliphatic heterocycles. The summed E-state index contributed by atoms with van der Waals surface area (Å²) in [6.07, 6.45) is 0.442. The Labute approximate surface area is 95.1 Å². The van der Waals surface area contributed by atoms with E-state index in [9.17, 15) is 4.79 Å². The van der Waals surface area contributed by atoms with E-state index in [1.165, 1.54) is 0 Å². The molecule has 0 spiro atoms. The summed E-state index contributed by atoms with van der Waals surface area (Å²) in [7, 11) is 0. The predicted octanol–water partition coefficient (Wildman–Crippen LogP) is 0.406. The lowest BCUT2D eigenvalue weighted by Crippen LogP contribution is -2.51. The third-order valence-electron chi connectivity index (χ3n) is 1.99. The number of thioether (sulfide) groups is 1. The van der Waals surface area contributed by atoms with Gasteiger partial charge in [0.25, 0.3) is 0 Å². The number of rotatable bonds is 3. The largest absolute Gasteiger partial charge is 0.387 e. The fraction of sp³-hybridized carbons (Fsp3) is 0.700. The van der Waals surface area contributed by atoms with Gasteiger partial charge in [0.1, 0.15) is 0 Å². The molecule has 1 unspecified atom stereocenters. The van der Waals surface area contributed by atoms with Crippen LogP contribution in [0.25, 0.3) is 0 Å². The minimum absolute atomic E-state index is 0.0233. The molecular formula is C10H19N3OS. The highest BCUT2D eigenvalue weighted by molar-refractivity contribution is 8.00. The maximum Gasteiger partial charge on any atom is 0.222 e. The average molecular weight is 229 g/mol. The SMILES string of the molecule is C=C1NCCSC1CC(=O)NC(C)(C)N. The van der Waals surface area contributed by atoms with Crippen molar-refractivity contribution in [1.82, 2.24) is 10.6 Å². The molecule has 0 aliphatic carbocycles. The molecule has 1 rings (SSSR count). The van der Waals surface area contributed by atoms with Gasteiger partial charge in [-0.05, 0) is 13.8 Å². The van der Waals surface area contributed by atoms with E-state index in [4.69, 9.17) is 5.73 Å². The monoisotopic (exact) mass is 229 g/mol. The van der Waals surface area contributed by atoms with Crippen LogP contribution in [0.1, 0.15) is 20.3 Å². The third kappa shape index (κ3) is 4.57. The summed E-state index contributed by atoms with van der Waals surface area (Å²) >= 11 is 1.76. The fourth-order valence-corrected chi connectivity index (χ4v) is 2.45. The molecule has 0 aromatic heterocycles. The van der Waals surface area contributed by atoms with E-state index >= 15 is 0 Å². The van der Waals surface area contributed by atoms with Gasteiger partial charge in [-0.25, -0.2) is 0 Å². The van der Waals surface area contributed by atoms with Crippen molar-refractivity contribution in [2.24, 2.45) is 5.73 Å². The molecule has 4 nitrogen and oxygen atoms in total. The first-order valence-electron chi connectivity index (χ1n) is 5.02. The van der Waals surface area contributed by atoms with Gasteiger partial charge >= 0.3 is 0 Å². The molecule has 15 heavy (non-hydrogen) atoms. The maximum absolute atomic E-state index is 11.6. The second-order valence-corrected chi connectivity index (χ2v) is 5.60. The Morgan fingerprint density at radius 1 is 1.80 bits per heavy atom. The zero-order chi connectivity index (χ0) is 11.5. The van der Waals surface area contributed by atoms with Crippen LogP contribution in [0.3, 0.4) is 0 Å². The molecule has 4 N–H and O–H groups in total. The van der Waals surface area contributed by atoms with Crippen LogP contribution in [-0.2, 0) is 4.79 Å². The van der Waals surface area contributed by atoms with Gasteiger partial charge in [0.2, 0.25) is 5.91 Å². The number of carbonyl (C=O) groups is 1. The molecular weight excluding hydrogens is 210 g/mol. The van der Waals surface area contributed by atoms with Crippen molar-refractivity contribution < 1.29 is 4.79 Å². The van der Waals surface area contributed by atoms with Gasteiger partial charge in [-0.3, -0.25) is 4.79 Å². The first kappa shape index (κ1) is 12.4. The van der Waals surface area contributed by atoms with E-state index in [0.29, 0.717) is 6.42 Å². The molecule has 0 aromatic rings. The maximum atomic E-state index is 11.6. The number of hydrogen-bond donors (Lipinski definition) is 3. The normalized spacial score (nSPS) is 22.1. The average Bonchev–Trinajstić information content (AvgIpc) is 2.05. The molecule has 0 aromatic carbocycles. The quantitative estimate of drug-likeness (QED) is 0.613. The number of hydrogen-bond acceptors (Lipinski definition) is 4. The molecule has 0 saturated carbocycles. The van der Waals surface area contributed by atoms with Gasteiger partial charge in [0.15, 0.2) is 0 Å². The second-order valence-electron chi connectivity index (χ2n) is 4.29. The summed E-state index contributed by atoms with van der Waals surface area (Å²) in [4.78, 5) is 11.6. The first-order valence-corrected chi connectivity index (χ1v) is 6.07. The lowest BCUT2D eigenvalue weighted by Gasteiger charge is -2.27. The van der Waals surface area contributed by atoms with Gasteiger partial charge in [-0.1, -0.05) is 6.58 Å². The van der Waals surface area contributed by atoms with Gasteiger partial charge in [-0.15, -0.1) is 11.8 Å². The van der Waals surface area contributed by atoms with Crippen molar-refractivity contribution in [3.63, 3.8) is 0 Å². The van der Waals surface area contributed by atoms with Crippen LogP contribution in [0, 0.1) is 0 Å². The van der Waals surface area contributed by atoms with Crippen LogP contribution < -0.4 is 16.4 Å². The summed E-state index contributed by atoms with van der Waals surface area (Å²) in [6, 6.07) is 0. The van der Waals surface area contributed by atoms with Crippen molar-refractivity contribution >= 4 is 17.7 Å². The molecule has 1 heterocycles. The number of nitrogens with two attached hydrogens (primary N) is 1. The van der Waals surface area contributed by atoms with Crippen molar-refractivity contribution in [1.29, 1.82) is 0 Å². The van der Waals surface area contributed by atoms with Gasteiger partial charge in [-0.2, -0.15) is 0 Å². The Morgan fingerprint density at radius 3 is 3.00 bits per heavy atom. The Kier molecular flexibility index (Phi) is 4.04. The van der Waals surface area contributed by atoms with E-state index in [0.717, 1.165) is 18.0 Å². The topological polar surface area (TPSA) is 67.2 Å². The van der Waals surface area contributed by atoms with Gasteiger partial charge in [0.05, 0.1) is 10.9 Å². The highest BCUT2D eigenvalue weighted by Crippen LogP contribution is 2.23. The minimum Gasteiger partial charge on any atom is -0.387 e. The molecule has 0 radical (unpaired) electrons. The van der Waals surface area contributed by atoms with Crippen LogP contribution in [0.5, 0.6) is 0 Å². The lowest BCUT2D eigenvalue weighted by molar-refractivity contribution is -0.122. The fourth-order valence-electron chi connectivity index (χ4n) is 1.39. The summed E-state index contributed by atoms with van der Waals surface area (Å²) < 4.78 is 0. The van der Waals surface area contributed by atoms with Crippen LogP contribution in [0.15, 0.2) is 12.3 Å². The number of carbonyl (C=O) groups excluding carboxylic acids is 1. The Balaban J connectivity index is 2.40. The van der Waals surface area contributed by atoms with E-state index in [1.54, 1.807) is 25.6 Å². The zero-order valence-corrected chi connectivity index (χ0v) is 10.1. The van der Waals surface area contributed by atoms with Crippen LogP contribution in [-0.4, -0.2) is 29.1 Å². The standard InChI is InChI=1S/C10H19N3OS/c1-7-8(15-5-4-12-7)6-9(14)13-10(2,3)11/h8,12H,1,4-6,11H2,2-3H3,(H,13,14). The highest BCUT2D eigenvalue weighted by Gasteiger charge is 2.22. The van der Waals surface area contributed by atoms with Crippen molar-refractivity contribution in [3.05, 3.63) is 12.3 Å². The molecule has 0 bridgehead atoms. The zero-order valence-electron chi connectivity index (χ0n) is 9.30. The van der Waals surface area contributed by atoms with Crippen LogP contribution >= 0.6 is 11.8 Å². The molecule has 86 valence electrons. The Morgan fingerprint density at radius 2 is 2.47 bits per heavy atom. The molecule has 1 fully saturated rings. The molecule has 5 heteroatoms. The van der Waals surface area contributed by atoms with Gasteiger partial charge in [0, 0.05) is 24.4 Å². The third-order valence-corrected chi connectivity index (χ3v) is 3.29. The summed E-state index contributed by atoms with van der Waals surface area (Å²) in [5, 5.41) is 6.09. The smallest absolute Gasteiger partial charge is 0.222 e. The van der Waals surface area contributed by atoms with E-state index in [2.05, 4.69) is 17.2 Å². The summed E-state index contributed by atoms with van der Waals surface area (Å²) in [6.45, 7) is 8.38. The van der Waals surface area contributed by atoms with E-state index < -0.39 is 5.66 Å². The lowest BCUT2D eigenvalue weighted by atomic mass is 10.2. The number of amides is 1. The minimum atomic E-state index is -0.648. The van der Waals surface area contributed by atoms with Crippen molar-refractivity contribution in [2.75, 3.05) is 12.3 Å². The summed E-state index contributed by atoms with van der Waals surface area (Å²) in [5.74, 6) is 0.994. The molecule has 1 aliphatic rings. The van der Waals surface area contributed by atoms with Crippen LogP contribution in [0.2, 0.25) is 0 Å².